The molecule has 4 rings (SSSR count). The molecule has 1 saturated heterocycles. The van der Waals surface area contributed by atoms with Crippen molar-refractivity contribution >= 4 is 37.6 Å². The van der Waals surface area contributed by atoms with Gasteiger partial charge in [0.2, 0.25) is 10.0 Å². The van der Waals surface area contributed by atoms with E-state index in [0.29, 0.717) is 23.3 Å². The number of esters is 1. The first-order chi connectivity index (χ1) is 16.5. The van der Waals surface area contributed by atoms with Crippen LogP contribution in [-0.4, -0.2) is 46.6 Å². The van der Waals surface area contributed by atoms with Crippen molar-refractivity contribution in [3.05, 3.63) is 63.7 Å². The molecule has 12 heteroatoms. The number of nitrogens with zero attached hydrogens (tertiary/aromatic N) is 3. The molecule has 3 atom stereocenters. The summed E-state index contributed by atoms with van der Waals surface area (Å²) in [6, 6.07) is 10.4. The Balaban J connectivity index is 1.62. The second-order valence-electron chi connectivity index (χ2n) is 8.85. The number of ether oxygens (including phenoxy) is 2. The number of sulfonamides is 1. The lowest BCUT2D eigenvalue weighted by Crippen LogP contribution is -2.48. The predicted octanol–water partition coefficient (Wildman–Crippen LogP) is 3.84. The monoisotopic (exact) mass is 563 g/mol. The van der Waals surface area contributed by atoms with Crippen LogP contribution in [0.15, 0.2) is 47.4 Å². The van der Waals surface area contributed by atoms with E-state index in [0.717, 1.165) is 28.6 Å². The number of halogens is 1. The van der Waals surface area contributed by atoms with E-state index < -0.39 is 43.5 Å². The van der Waals surface area contributed by atoms with Crippen LogP contribution in [0.2, 0.25) is 0 Å². The van der Waals surface area contributed by atoms with Gasteiger partial charge < -0.3 is 9.47 Å². The van der Waals surface area contributed by atoms with Crippen LogP contribution >= 0.6 is 15.9 Å². The first kappa shape index (κ1) is 25.1. The standard InChI is InChI=1S/C23H22BrN3O7S/c1-23(2)21(24)20(17-12-14(13-25)5-10-19(17)34-23)33-22(28)18-4-3-11-26(18)35(31,32)16-8-6-15(7-9-16)27(29)30/h5-10,12,18,20-21H,3-4,11H2,1-2H3/t18-,20+,21-/m0/s1. The normalized spacial score (nSPS) is 23.5. The molecule has 2 heterocycles. The Morgan fingerprint density at radius 1 is 1.29 bits per heavy atom. The van der Waals surface area contributed by atoms with E-state index >= 15 is 0 Å². The van der Waals surface area contributed by atoms with Crippen LogP contribution < -0.4 is 4.74 Å². The maximum atomic E-state index is 13.3. The SMILES string of the molecule is CC1(C)Oc2ccc(C#N)cc2[C@@H](OC(=O)[C@@H]2CCCN2S(=O)(=O)c2ccc([N+](=O)[O-])cc2)[C@@H]1Br. The molecule has 0 radical (unpaired) electrons. The maximum Gasteiger partial charge on any atom is 0.325 e. The molecule has 0 amide bonds. The number of fused-ring (bicyclic) bond motifs is 1. The van der Waals surface area contributed by atoms with Gasteiger partial charge in [-0.2, -0.15) is 9.57 Å². The Labute approximate surface area is 210 Å². The first-order valence-corrected chi connectivity index (χ1v) is 13.1. The number of benzene rings is 2. The number of nitro groups is 1. The fraction of sp³-hybridized carbons (Fsp3) is 0.391. The summed E-state index contributed by atoms with van der Waals surface area (Å²) in [5.74, 6) is -0.238. The minimum absolute atomic E-state index is 0.116. The Hall–Kier alpha value is -3.01. The second-order valence-corrected chi connectivity index (χ2v) is 11.7. The molecule has 0 N–H and O–H groups in total. The molecule has 0 bridgehead atoms. The van der Waals surface area contributed by atoms with Crippen molar-refractivity contribution < 1.29 is 27.6 Å². The van der Waals surface area contributed by atoms with Crippen molar-refractivity contribution in [2.75, 3.05) is 6.54 Å². The molecular weight excluding hydrogens is 542 g/mol. The summed E-state index contributed by atoms with van der Waals surface area (Å²) < 4.78 is 39.5. The van der Waals surface area contributed by atoms with Gasteiger partial charge in [-0.1, -0.05) is 15.9 Å². The highest BCUT2D eigenvalue weighted by Crippen LogP contribution is 2.46. The van der Waals surface area contributed by atoms with Gasteiger partial charge in [-0.05, 0) is 57.0 Å². The lowest BCUT2D eigenvalue weighted by molar-refractivity contribution is -0.384. The topological polar surface area (TPSA) is 140 Å². The van der Waals surface area contributed by atoms with Crippen LogP contribution in [0.25, 0.3) is 0 Å². The summed E-state index contributed by atoms with van der Waals surface area (Å²) in [5, 5.41) is 20.2. The highest BCUT2D eigenvalue weighted by molar-refractivity contribution is 9.09. The third-order valence-corrected chi connectivity index (χ3v) is 9.63. The number of hydrogen-bond acceptors (Lipinski definition) is 8. The fourth-order valence-electron chi connectivity index (χ4n) is 4.26. The molecular formula is C23H22BrN3O7S. The minimum atomic E-state index is -4.09. The molecule has 0 unspecified atom stereocenters. The fourth-order valence-corrected chi connectivity index (χ4v) is 6.39. The van der Waals surface area contributed by atoms with Crippen LogP contribution in [-0.2, 0) is 19.6 Å². The van der Waals surface area contributed by atoms with Gasteiger partial charge in [-0.15, -0.1) is 0 Å². The van der Waals surface area contributed by atoms with E-state index in [1.807, 2.05) is 13.8 Å². The molecule has 184 valence electrons. The van der Waals surface area contributed by atoms with E-state index in [1.165, 1.54) is 0 Å². The van der Waals surface area contributed by atoms with Crippen molar-refractivity contribution in [3.63, 3.8) is 0 Å². The summed E-state index contributed by atoms with van der Waals surface area (Å²) in [4.78, 5) is 23.0. The Kier molecular flexibility index (Phi) is 6.61. The zero-order valence-corrected chi connectivity index (χ0v) is 21.3. The summed E-state index contributed by atoms with van der Waals surface area (Å²) >= 11 is 3.57. The van der Waals surface area contributed by atoms with Gasteiger partial charge >= 0.3 is 5.97 Å². The Bertz CT molecular complexity index is 1320. The number of hydrogen-bond donors (Lipinski definition) is 0. The molecule has 35 heavy (non-hydrogen) atoms. The zero-order valence-electron chi connectivity index (χ0n) is 18.9. The predicted molar refractivity (Wildman–Crippen MR) is 127 cm³/mol. The Morgan fingerprint density at radius 2 is 1.97 bits per heavy atom. The van der Waals surface area contributed by atoms with Gasteiger partial charge in [0.25, 0.3) is 5.69 Å². The van der Waals surface area contributed by atoms with Crippen molar-refractivity contribution in [1.29, 1.82) is 5.26 Å². The molecule has 2 aromatic rings. The van der Waals surface area contributed by atoms with Gasteiger partial charge in [0.1, 0.15) is 23.5 Å². The molecule has 0 aliphatic carbocycles. The average Bonchev–Trinajstić information content (AvgIpc) is 3.33. The largest absolute Gasteiger partial charge is 0.486 e. The molecule has 0 saturated carbocycles. The Morgan fingerprint density at radius 3 is 2.60 bits per heavy atom. The van der Waals surface area contributed by atoms with Gasteiger partial charge in [0.05, 0.1) is 26.3 Å². The first-order valence-electron chi connectivity index (χ1n) is 10.8. The van der Waals surface area contributed by atoms with Crippen molar-refractivity contribution in [1.82, 2.24) is 4.31 Å². The second kappa shape index (κ2) is 9.22. The molecule has 0 spiro atoms. The molecule has 10 nitrogen and oxygen atoms in total. The highest BCUT2D eigenvalue weighted by Gasteiger charge is 2.47. The third kappa shape index (κ3) is 4.63. The molecule has 1 fully saturated rings. The van der Waals surface area contributed by atoms with E-state index in [9.17, 15) is 28.6 Å². The summed E-state index contributed by atoms with van der Waals surface area (Å²) in [5.41, 5.74) is -0.105. The number of non-ortho nitro benzene ring substituents is 1. The average molecular weight is 564 g/mol. The lowest BCUT2D eigenvalue weighted by Gasteiger charge is -2.42. The van der Waals surface area contributed by atoms with Crippen LogP contribution in [0.3, 0.4) is 0 Å². The highest BCUT2D eigenvalue weighted by atomic mass is 79.9. The number of alkyl halides is 1. The molecule has 2 aliphatic heterocycles. The third-order valence-electron chi connectivity index (χ3n) is 6.12. The maximum absolute atomic E-state index is 13.3. The van der Waals surface area contributed by atoms with Gasteiger partial charge in [-0.3, -0.25) is 14.9 Å². The van der Waals surface area contributed by atoms with Crippen molar-refractivity contribution in [2.45, 2.75) is 54.2 Å². The number of nitro benzene ring substituents is 1. The molecule has 0 aromatic heterocycles. The number of rotatable bonds is 5. The van der Waals surface area contributed by atoms with Crippen molar-refractivity contribution in [3.8, 4) is 11.8 Å². The smallest absolute Gasteiger partial charge is 0.325 e. The van der Waals surface area contributed by atoms with E-state index in [1.54, 1.807) is 18.2 Å². The van der Waals surface area contributed by atoms with E-state index in [4.69, 9.17) is 9.47 Å². The van der Waals surface area contributed by atoms with E-state index in [2.05, 4.69) is 22.0 Å². The quantitative estimate of drug-likeness (QED) is 0.231. The zero-order chi connectivity index (χ0) is 25.5. The van der Waals surface area contributed by atoms with Crippen LogP contribution in [0.5, 0.6) is 5.75 Å². The van der Waals surface area contributed by atoms with Crippen LogP contribution in [0.1, 0.15) is 43.9 Å². The van der Waals surface area contributed by atoms with Gasteiger partial charge in [-0.25, -0.2) is 8.42 Å². The number of carbonyl (C=O) groups excluding carboxylic acids is 1. The van der Waals surface area contributed by atoms with Gasteiger partial charge in [0.15, 0.2) is 0 Å². The van der Waals surface area contributed by atoms with Crippen LogP contribution in [0, 0.1) is 21.4 Å². The minimum Gasteiger partial charge on any atom is -0.486 e. The lowest BCUT2D eigenvalue weighted by atomic mass is 9.90. The summed E-state index contributed by atoms with van der Waals surface area (Å²) in [7, 11) is -4.09. The number of carbonyl (C=O) groups is 1. The molecule has 2 aliphatic rings. The molecule has 2 aromatic carbocycles. The van der Waals surface area contributed by atoms with Crippen molar-refractivity contribution in [2.24, 2.45) is 0 Å². The summed E-state index contributed by atoms with van der Waals surface area (Å²) in [6.45, 7) is 3.77. The van der Waals surface area contributed by atoms with E-state index in [-0.39, 0.29) is 23.5 Å². The van der Waals surface area contributed by atoms with Crippen LogP contribution in [0.4, 0.5) is 5.69 Å². The summed E-state index contributed by atoms with van der Waals surface area (Å²) in [6.07, 6.45) is -0.0903. The number of nitriles is 1. The van der Waals surface area contributed by atoms with Gasteiger partial charge in [0, 0.05) is 24.2 Å².